The van der Waals surface area contributed by atoms with Gasteiger partial charge in [-0.15, -0.1) is 0 Å². The molecule has 2 aromatic carbocycles. The minimum atomic E-state index is -3.62. The average molecular weight is 476 g/mol. The predicted octanol–water partition coefficient (Wildman–Crippen LogP) is 2.95. The van der Waals surface area contributed by atoms with Gasteiger partial charge in [-0.1, -0.05) is 0 Å². The second kappa shape index (κ2) is 7.46. The second-order valence-electron chi connectivity index (χ2n) is 5.66. The molecule has 1 aliphatic rings. The fourth-order valence-electron chi connectivity index (χ4n) is 2.83. The zero-order valence-electron chi connectivity index (χ0n) is 13.7. The number of nitrogens with zero attached hydrogens (tertiary/aromatic N) is 2. The Morgan fingerprint density at radius 2 is 1.68 bits per heavy atom. The first-order valence-electron chi connectivity index (χ1n) is 7.76. The van der Waals surface area contributed by atoms with Gasteiger partial charge in [-0.05, 0) is 65.1 Å². The molecule has 0 aliphatic carbocycles. The van der Waals surface area contributed by atoms with Gasteiger partial charge < -0.3 is 9.64 Å². The van der Waals surface area contributed by atoms with Crippen molar-refractivity contribution in [1.82, 2.24) is 4.31 Å². The number of piperazine rings is 1. The van der Waals surface area contributed by atoms with Crippen molar-refractivity contribution in [2.75, 3.05) is 38.2 Å². The highest BCUT2D eigenvalue weighted by Crippen LogP contribution is 2.29. The molecule has 0 bridgehead atoms. The van der Waals surface area contributed by atoms with E-state index >= 15 is 0 Å². The number of ether oxygens (including phenoxy) is 1. The van der Waals surface area contributed by atoms with Crippen molar-refractivity contribution in [3.63, 3.8) is 0 Å². The summed E-state index contributed by atoms with van der Waals surface area (Å²) in [6.07, 6.45) is 0. The van der Waals surface area contributed by atoms with E-state index in [4.69, 9.17) is 4.74 Å². The van der Waals surface area contributed by atoms with Gasteiger partial charge in [-0.2, -0.15) is 4.31 Å². The molecule has 0 aromatic heterocycles. The Morgan fingerprint density at radius 3 is 2.28 bits per heavy atom. The molecule has 0 spiro atoms. The maximum Gasteiger partial charge on any atom is 0.246 e. The molecule has 25 heavy (non-hydrogen) atoms. The van der Waals surface area contributed by atoms with Crippen molar-refractivity contribution in [3.05, 3.63) is 51.9 Å². The molecule has 134 valence electrons. The molecule has 0 radical (unpaired) electrons. The van der Waals surface area contributed by atoms with Crippen LogP contribution in [-0.4, -0.2) is 46.0 Å². The molecule has 0 unspecified atom stereocenters. The highest BCUT2D eigenvalue weighted by atomic mass is 127. The number of anilines is 1. The Bertz CT molecular complexity index is 851. The SMILES string of the molecule is COc1ccc(I)cc1S(=O)(=O)N1CCN(c2ccc(F)cc2)CC1. The second-order valence-corrected chi connectivity index (χ2v) is 8.81. The van der Waals surface area contributed by atoms with Crippen LogP contribution >= 0.6 is 22.6 Å². The molecule has 2 aromatic rings. The summed E-state index contributed by atoms with van der Waals surface area (Å²) >= 11 is 2.09. The smallest absolute Gasteiger partial charge is 0.246 e. The monoisotopic (exact) mass is 476 g/mol. The summed E-state index contributed by atoms with van der Waals surface area (Å²) in [4.78, 5) is 2.24. The molecule has 0 amide bonds. The van der Waals surface area contributed by atoms with Crippen LogP contribution in [0, 0.1) is 9.39 Å². The van der Waals surface area contributed by atoms with Crippen LogP contribution in [0.3, 0.4) is 0 Å². The molecular weight excluding hydrogens is 458 g/mol. The van der Waals surface area contributed by atoms with Gasteiger partial charge in [-0.25, -0.2) is 12.8 Å². The minimum absolute atomic E-state index is 0.192. The zero-order chi connectivity index (χ0) is 18.0. The number of hydrogen-bond donors (Lipinski definition) is 0. The Kier molecular flexibility index (Phi) is 5.49. The van der Waals surface area contributed by atoms with Crippen molar-refractivity contribution in [1.29, 1.82) is 0 Å². The lowest BCUT2D eigenvalue weighted by molar-refractivity contribution is 0.374. The first-order valence-corrected chi connectivity index (χ1v) is 10.3. The topological polar surface area (TPSA) is 49.9 Å². The standard InChI is InChI=1S/C17H18FIN2O3S/c1-24-16-7-4-14(19)12-17(16)25(22,23)21-10-8-20(9-11-21)15-5-2-13(18)3-6-15/h2-7,12H,8-11H2,1H3. The molecule has 1 heterocycles. The Balaban J connectivity index is 1.78. The molecule has 0 N–H and O–H groups in total. The summed E-state index contributed by atoms with van der Waals surface area (Å²) in [5, 5.41) is 0. The molecule has 5 nitrogen and oxygen atoms in total. The van der Waals surface area contributed by atoms with Crippen LogP contribution in [0.25, 0.3) is 0 Å². The van der Waals surface area contributed by atoms with Crippen molar-refractivity contribution in [2.45, 2.75) is 4.90 Å². The summed E-state index contributed by atoms with van der Waals surface area (Å²) in [5.41, 5.74) is 0.894. The van der Waals surface area contributed by atoms with Crippen molar-refractivity contribution < 1.29 is 17.5 Å². The van der Waals surface area contributed by atoms with Crippen LogP contribution in [-0.2, 0) is 10.0 Å². The van der Waals surface area contributed by atoms with E-state index in [1.165, 1.54) is 23.5 Å². The third-order valence-corrected chi connectivity index (χ3v) is 6.76. The fraction of sp³-hybridized carbons (Fsp3) is 0.294. The lowest BCUT2D eigenvalue weighted by atomic mass is 10.2. The van der Waals surface area contributed by atoms with Crippen LogP contribution < -0.4 is 9.64 Å². The molecule has 3 rings (SSSR count). The average Bonchev–Trinajstić information content (AvgIpc) is 2.62. The zero-order valence-corrected chi connectivity index (χ0v) is 16.6. The van der Waals surface area contributed by atoms with Gasteiger partial charge in [0.25, 0.3) is 0 Å². The third-order valence-electron chi connectivity index (χ3n) is 4.17. The van der Waals surface area contributed by atoms with Crippen molar-refractivity contribution in [2.24, 2.45) is 0 Å². The lowest BCUT2D eigenvalue weighted by Gasteiger charge is -2.35. The van der Waals surface area contributed by atoms with Gasteiger partial charge in [0.1, 0.15) is 16.5 Å². The summed E-state index contributed by atoms with van der Waals surface area (Å²) in [6.45, 7) is 1.84. The minimum Gasteiger partial charge on any atom is -0.495 e. The largest absolute Gasteiger partial charge is 0.495 e. The van der Waals surface area contributed by atoms with Gasteiger partial charge >= 0.3 is 0 Å². The van der Waals surface area contributed by atoms with E-state index in [2.05, 4.69) is 27.5 Å². The highest BCUT2D eigenvalue weighted by molar-refractivity contribution is 14.1. The quantitative estimate of drug-likeness (QED) is 0.637. The summed E-state index contributed by atoms with van der Waals surface area (Å²) in [5.74, 6) is 0.0668. The molecule has 1 saturated heterocycles. The van der Waals surface area contributed by atoms with Crippen LogP contribution in [0.4, 0.5) is 10.1 Å². The van der Waals surface area contributed by atoms with Gasteiger partial charge in [0, 0.05) is 35.4 Å². The molecule has 1 fully saturated rings. The van der Waals surface area contributed by atoms with Gasteiger partial charge in [0.15, 0.2) is 0 Å². The molecule has 8 heteroatoms. The van der Waals surface area contributed by atoms with Gasteiger partial charge in [-0.3, -0.25) is 0 Å². The van der Waals surface area contributed by atoms with Crippen LogP contribution in [0.15, 0.2) is 47.4 Å². The van der Waals surface area contributed by atoms with E-state index in [1.54, 1.807) is 24.3 Å². The molecule has 1 aliphatic heterocycles. The Labute approximate surface area is 160 Å². The number of halogens is 2. The first kappa shape index (κ1) is 18.4. The van der Waals surface area contributed by atoms with E-state index in [1.807, 2.05) is 6.07 Å². The third kappa shape index (κ3) is 3.90. The van der Waals surface area contributed by atoms with Crippen LogP contribution in [0.5, 0.6) is 5.75 Å². The van der Waals surface area contributed by atoms with E-state index in [9.17, 15) is 12.8 Å². The van der Waals surface area contributed by atoms with Gasteiger partial charge in [0.05, 0.1) is 7.11 Å². The van der Waals surface area contributed by atoms with E-state index in [0.717, 1.165) is 9.26 Å². The van der Waals surface area contributed by atoms with Crippen molar-refractivity contribution >= 4 is 38.3 Å². The summed E-state index contributed by atoms with van der Waals surface area (Å²) < 4.78 is 46.5. The lowest BCUT2D eigenvalue weighted by Crippen LogP contribution is -2.48. The maximum absolute atomic E-state index is 13.0. The molecule has 0 atom stereocenters. The van der Waals surface area contributed by atoms with E-state index < -0.39 is 10.0 Å². The highest BCUT2D eigenvalue weighted by Gasteiger charge is 2.31. The molecular formula is C17H18FIN2O3S. The number of sulfonamides is 1. The van der Waals surface area contributed by atoms with E-state index in [0.29, 0.717) is 31.9 Å². The maximum atomic E-state index is 13.0. The molecule has 0 saturated carbocycles. The Hall–Kier alpha value is -1.39. The number of methoxy groups -OCH3 is 1. The van der Waals surface area contributed by atoms with Gasteiger partial charge in [0.2, 0.25) is 10.0 Å². The van der Waals surface area contributed by atoms with Crippen LogP contribution in [0.2, 0.25) is 0 Å². The predicted molar refractivity (Wildman–Crippen MR) is 103 cm³/mol. The summed E-state index contributed by atoms with van der Waals surface area (Å²) in [6, 6.07) is 11.4. The van der Waals surface area contributed by atoms with Crippen LogP contribution in [0.1, 0.15) is 0 Å². The normalized spacial score (nSPS) is 16.0. The number of benzene rings is 2. The number of rotatable bonds is 4. The first-order chi connectivity index (χ1) is 11.9. The fourth-order valence-corrected chi connectivity index (χ4v) is 5.14. The van der Waals surface area contributed by atoms with Crippen molar-refractivity contribution in [3.8, 4) is 5.75 Å². The number of hydrogen-bond acceptors (Lipinski definition) is 4. The Morgan fingerprint density at radius 1 is 1.04 bits per heavy atom. The summed E-state index contributed by atoms with van der Waals surface area (Å²) in [7, 11) is -2.16. The van der Waals surface area contributed by atoms with E-state index in [-0.39, 0.29) is 10.7 Å².